The van der Waals surface area contributed by atoms with Crippen molar-refractivity contribution >= 4 is 24.4 Å². The van der Waals surface area contributed by atoms with Crippen LogP contribution in [0.25, 0.3) is 11.4 Å². The molecule has 3 rings (SSSR count). The van der Waals surface area contributed by atoms with Gasteiger partial charge in [0.25, 0.3) is 0 Å². The fraction of sp³-hybridized carbons (Fsp3) is 0.200. The molecule has 0 saturated carbocycles. The van der Waals surface area contributed by atoms with Crippen molar-refractivity contribution in [3.63, 3.8) is 0 Å². The molecule has 6 nitrogen and oxygen atoms in total. The third-order valence-corrected chi connectivity index (χ3v) is 4.40. The highest BCUT2D eigenvalue weighted by Gasteiger charge is 2.14. The summed E-state index contributed by atoms with van der Waals surface area (Å²) in [6.07, 6.45) is 1.62. The maximum atomic E-state index is 10.9. The number of benzene rings is 2. The fourth-order valence-corrected chi connectivity index (χ4v) is 2.72. The highest BCUT2D eigenvalue weighted by molar-refractivity contribution is 7.71. The molecule has 0 aliphatic rings. The summed E-state index contributed by atoms with van der Waals surface area (Å²) in [4.78, 5) is 10.9. The van der Waals surface area contributed by atoms with Gasteiger partial charge in [-0.25, -0.2) is 9.89 Å². The zero-order valence-electron chi connectivity index (χ0n) is 15.3. The molecule has 0 aliphatic carbocycles. The van der Waals surface area contributed by atoms with Crippen LogP contribution in [0.4, 0.5) is 0 Å². The minimum Gasteiger partial charge on any atom is -0.478 e. The van der Waals surface area contributed by atoms with Crippen molar-refractivity contribution in [1.82, 2.24) is 14.9 Å². The molecule has 3 aromatic rings. The van der Waals surface area contributed by atoms with E-state index in [4.69, 9.17) is 17.3 Å². The smallest absolute Gasteiger partial charge is 0.335 e. The molecule has 0 spiro atoms. The van der Waals surface area contributed by atoms with Crippen LogP contribution in [-0.2, 0) is 5.41 Å². The molecule has 0 atom stereocenters. The molecule has 0 aliphatic heterocycles. The van der Waals surface area contributed by atoms with E-state index < -0.39 is 5.97 Å². The molecule has 0 bridgehead atoms. The third-order valence-electron chi connectivity index (χ3n) is 4.14. The van der Waals surface area contributed by atoms with Crippen LogP contribution in [0.5, 0.6) is 0 Å². The summed E-state index contributed by atoms with van der Waals surface area (Å²) in [6, 6.07) is 14.6. The Balaban J connectivity index is 1.91. The van der Waals surface area contributed by atoms with Crippen molar-refractivity contribution in [3.05, 3.63) is 70.0 Å². The number of nitrogens with one attached hydrogen (secondary N) is 1. The number of H-pyrrole nitrogens is 1. The predicted octanol–water partition coefficient (Wildman–Crippen LogP) is 4.49. The van der Waals surface area contributed by atoms with Gasteiger partial charge in [-0.05, 0) is 40.9 Å². The van der Waals surface area contributed by atoms with Crippen LogP contribution in [0.1, 0.15) is 42.3 Å². The first-order valence-electron chi connectivity index (χ1n) is 8.42. The molecule has 2 N–H and O–H groups in total. The van der Waals surface area contributed by atoms with Crippen LogP contribution in [0.2, 0.25) is 0 Å². The van der Waals surface area contributed by atoms with Gasteiger partial charge in [0.05, 0.1) is 11.8 Å². The van der Waals surface area contributed by atoms with Gasteiger partial charge < -0.3 is 5.11 Å². The van der Waals surface area contributed by atoms with Gasteiger partial charge in [-0.15, -0.1) is 0 Å². The standard InChI is InChI=1S/C20H20N4O2S/c1-20(2,3)16-10-8-14(9-11-16)17-22-23-19(27)24(17)21-12-13-4-6-15(7-5-13)18(25)26/h4-12H,1-3H3,(H,23,27)(H,25,26). The first-order chi connectivity index (χ1) is 12.8. The number of hydrogen-bond acceptors (Lipinski definition) is 4. The van der Waals surface area contributed by atoms with Crippen LogP contribution in [0, 0.1) is 4.77 Å². The van der Waals surface area contributed by atoms with Crippen molar-refractivity contribution in [2.45, 2.75) is 26.2 Å². The minimum absolute atomic E-state index is 0.0729. The zero-order chi connectivity index (χ0) is 19.6. The van der Waals surface area contributed by atoms with E-state index in [0.717, 1.165) is 11.1 Å². The maximum absolute atomic E-state index is 10.9. The number of carboxylic acid groups (broad SMARTS) is 1. The lowest BCUT2D eigenvalue weighted by atomic mass is 9.87. The fourth-order valence-electron chi connectivity index (χ4n) is 2.54. The zero-order valence-corrected chi connectivity index (χ0v) is 16.1. The molecule has 0 saturated heterocycles. The number of rotatable bonds is 4. The van der Waals surface area contributed by atoms with Gasteiger partial charge in [-0.1, -0.05) is 57.2 Å². The van der Waals surface area contributed by atoms with Crippen LogP contribution < -0.4 is 0 Å². The number of aromatic amines is 1. The van der Waals surface area contributed by atoms with Crippen molar-refractivity contribution in [2.75, 3.05) is 0 Å². The molecule has 0 amide bonds. The lowest BCUT2D eigenvalue weighted by Gasteiger charge is -2.18. The molecule has 2 aromatic carbocycles. The van der Waals surface area contributed by atoms with E-state index in [1.54, 1.807) is 23.0 Å². The third kappa shape index (κ3) is 4.20. The molecule has 7 heteroatoms. The predicted molar refractivity (Wildman–Crippen MR) is 108 cm³/mol. The average molecular weight is 380 g/mol. The van der Waals surface area contributed by atoms with Crippen LogP contribution in [-0.4, -0.2) is 32.2 Å². The lowest BCUT2D eigenvalue weighted by Crippen LogP contribution is -2.10. The van der Waals surface area contributed by atoms with E-state index in [-0.39, 0.29) is 11.0 Å². The maximum Gasteiger partial charge on any atom is 0.335 e. The quantitative estimate of drug-likeness (QED) is 0.516. The summed E-state index contributed by atoms with van der Waals surface area (Å²) in [6.45, 7) is 6.49. The summed E-state index contributed by atoms with van der Waals surface area (Å²) >= 11 is 5.28. The Kier molecular flexibility index (Phi) is 5.05. The number of carbonyl (C=O) groups is 1. The number of hydrogen-bond donors (Lipinski definition) is 2. The molecule has 138 valence electrons. The van der Waals surface area contributed by atoms with E-state index >= 15 is 0 Å². The van der Waals surface area contributed by atoms with Crippen molar-refractivity contribution < 1.29 is 9.90 Å². The molecular weight excluding hydrogens is 360 g/mol. The summed E-state index contributed by atoms with van der Waals surface area (Å²) in [5.41, 5.74) is 3.19. The molecule has 1 heterocycles. The minimum atomic E-state index is -0.962. The molecule has 0 radical (unpaired) electrons. The Morgan fingerprint density at radius 2 is 1.78 bits per heavy atom. The largest absolute Gasteiger partial charge is 0.478 e. The number of aromatic nitrogens is 3. The summed E-state index contributed by atoms with van der Waals surface area (Å²) in [5.74, 6) is -0.351. The Labute approximate surface area is 162 Å². The monoisotopic (exact) mass is 380 g/mol. The second-order valence-corrected chi connectivity index (χ2v) is 7.55. The van der Waals surface area contributed by atoms with E-state index in [9.17, 15) is 4.79 Å². The van der Waals surface area contributed by atoms with Crippen LogP contribution in [0.15, 0.2) is 53.6 Å². The Morgan fingerprint density at radius 3 is 2.33 bits per heavy atom. The van der Waals surface area contributed by atoms with Gasteiger partial charge in [0, 0.05) is 5.56 Å². The summed E-state index contributed by atoms with van der Waals surface area (Å²) in [5, 5.41) is 20.4. The number of carboxylic acids is 1. The highest BCUT2D eigenvalue weighted by atomic mass is 32.1. The second-order valence-electron chi connectivity index (χ2n) is 7.16. The van der Waals surface area contributed by atoms with Crippen LogP contribution in [0.3, 0.4) is 0 Å². The van der Waals surface area contributed by atoms with Gasteiger partial charge >= 0.3 is 5.97 Å². The van der Waals surface area contributed by atoms with Crippen molar-refractivity contribution in [3.8, 4) is 11.4 Å². The summed E-state index contributed by atoms with van der Waals surface area (Å²) in [7, 11) is 0. The van der Waals surface area contributed by atoms with Gasteiger partial charge in [-0.2, -0.15) is 14.9 Å². The van der Waals surface area contributed by atoms with Crippen LogP contribution >= 0.6 is 12.2 Å². The van der Waals surface area contributed by atoms with E-state index in [0.29, 0.717) is 10.6 Å². The van der Waals surface area contributed by atoms with E-state index in [1.807, 2.05) is 12.1 Å². The van der Waals surface area contributed by atoms with E-state index in [1.165, 1.54) is 17.7 Å². The first kappa shape index (κ1) is 18.7. The SMILES string of the molecule is CC(C)(C)c1ccc(-c2n[nH]c(=S)n2N=Cc2ccc(C(=O)O)cc2)cc1. The molecule has 1 aromatic heterocycles. The van der Waals surface area contributed by atoms with Gasteiger partial charge in [-0.3, -0.25) is 0 Å². The van der Waals surface area contributed by atoms with Crippen molar-refractivity contribution in [2.24, 2.45) is 5.10 Å². The Hall–Kier alpha value is -3.06. The van der Waals surface area contributed by atoms with Gasteiger partial charge in [0.1, 0.15) is 0 Å². The number of nitrogens with zero attached hydrogens (tertiary/aromatic N) is 3. The summed E-state index contributed by atoms with van der Waals surface area (Å²) < 4.78 is 1.93. The van der Waals surface area contributed by atoms with E-state index in [2.05, 4.69) is 48.2 Å². The average Bonchev–Trinajstić information content (AvgIpc) is 3.00. The molecule has 0 fully saturated rings. The topological polar surface area (TPSA) is 83.3 Å². The van der Waals surface area contributed by atoms with Gasteiger partial charge in [0.15, 0.2) is 5.82 Å². The highest BCUT2D eigenvalue weighted by Crippen LogP contribution is 2.25. The normalized spacial score (nSPS) is 11.8. The first-order valence-corrected chi connectivity index (χ1v) is 8.82. The molecule has 0 unspecified atom stereocenters. The van der Waals surface area contributed by atoms with Gasteiger partial charge in [0.2, 0.25) is 4.77 Å². The lowest BCUT2D eigenvalue weighted by molar-refractivity contribution is 0.0697. The number of aromatic carboxylic acids is 1. The van der Waals surface area contributed by atoms with Crippen molar-refractivity contribution in [1.29, 1.82) is 0 Å². The Morgan fingerprint density at radius 1 is 1.15 bits per heavy atom. The second kappa shape index (κ2) is 7.28. The Bertz CT molecular complexity index is 1040. The molecular formula is C20H20N4O2S. The molecule has 27 heavy (non-hydrogen) atoms.